The van der Waals surface area contributed by atoms with Crippen LogP contribution in [-0.4, -0.2) is 12.4 Å². The number of rotatable bonds is 6. The van der Waals surface area contributed by atoms with Crippen LogP contribution in [0.15, 0.2) is 45.0 Å². The van der Waals surface area contributed by atoms with E-state index in [1.165, 1.54) is 6.26 Å². The second kappa shape index (κ2) is 7.80. The molecule has 0 fully saturated rings. The predicted molar refractivity (Wildman–Crippen MR) is 91.3 cm³/mol. The minimum absolute atomic E-state index is 0.0361. The fourth-order valence-corrected chi connectivity index (χ4v) is 2.42. The lowest BCUT2D eigenvalue weighted by Crippen LogP contribution is -2.03. The van der Waals surface area contributed by atoms with E-state index in [0.29, 0.717) is 29.2 Å². The van der Waals surface area contributed by atoms with E-state index in [0.717, 1.165) is 10.9 Å². The van der Waals surface area contributed by atoms with Crippen molar-refractivity contribution in [2.24, 2.45) is 0 Å². The number of furan rings is 1. The molecule has 0 saturated carbocycles. The Morgan fingerprint density at radius 2 is 2.22 bits per heavy atom. The van der Waals surface area contributed by atoms with Gasteiger partial charge < -0.3 is 9.15 Å². The number of carbonyl (C=O) groups excluding carboxylic acids is 1. The second-order valence-corrected chi connectivity index (χ2v) is 5.84. The van der Waals surface area contributed by atoms with Crippen LogP contribution in [0.5, 0.6) is 5.75 Å². The molecule has 4 nitrogen and oxygen atoms in total. The van der Waals surface area contributed by atoms with Crippen molar-refractivity contribution in [3.05, 3.63) is 57.5 Å². The number of ether oxygens (including phenoxy) is 1. The van der Waals surface area contributed by atoms with Gasteiger partial charge in [0.1, 0.15) is 23.2 Å². The lowest BCUT2D eigenvalue weighted by atomic mass is 10.0. The fraction of sp³-hybridized carbons (Fsp3) is 0.222. The first-order valence-electron chi connectivity index (χ1n) is 7.19. The first kappa shape index (κ1) is 17.0. The molecule has 118 valence electrons. The fourth-order valence-electron chi connectivity index (χ4n) is 2.05. The molecule has 0 N–H and O–H groups in total. The van der Waals surface area contributed by atoms with Gasteiger partial charge in [0.15, 0.2) is 0 Å². The Bertz CT molecular complexity index is 784. The molecule has 2 aromatic rings. The molecule has 0 atom stereocenters. The van der Waals surface area contributed by atoms with Crippen LogP contribution in [0, 0.1) is 18.3 Å². The standard InChI is InChI=1S/C18H16BrNO3/c1-3-7-23-17-5-4-15(19)10-13(17)9-14(11-20)18(21)16-6-8-22-12(16)2/h4-6,8-10H,3,7H2,1-2H3/b14-9+. The normalized spacial score (nSPS) is 11.1. The van der Waals surface area contributed by atoms with Crippen molar-refractivity contribution in [2.75, 3.05) is 6.61 Å². The van der Waals surface area contributed by atoms with E-state index in [1.807, 2.05) is 31.2 Å². The monoisotopic (exact) mass is 373 g/mol. The molecule has 0 radical (unpaired) electrons. The van der Waals surface area contributed by atoms with E-state index < -0.39 is 0 Å². The summed E-state index contributed by atoms with van der Waals surface area (Å²) < 4.78 is 11.7. The van der Waals surface area contributed by atoms with Crippen LogP contribution in [0.1, 0.15) is 35.0 Å². The highest BCUT2D eigenvalue weighted by atomic mass is 79.9. The molecular weight excluding hydrogens is 358 g/mol. The lowest BCUT2D eigenvalue weighted by molar-refractivity contribution is 0.103. The Balaban J connectivity index is 2.42. The number of carbonyl (C=O) groups is 1. The first-order valence-corrected chi connectivity index (χ1v) is 7.99. The number of allylic oxidation sites excluding steroid dienone is 1. The number of aryl methyl sites for hydroxylation is 1. The van der Waals surface area contributed by atoms with Gasteiger partial charge in [-0.3, -0.25) is 4.79 Å². The zero-order valence-corrected chi connectivity index (χ0v) is 14.5. The molecule has 1 heterocycles. The summed E-state index contributed by atoms with van der Waals surface area (Å²) in [5, 5.41) is 9.36. The average Bonchev–Trinajstić information content (AvgIpc) is 2.97. The van der Waals surface area contributed by atoms with Crippen LogP contribution in [0.3, 0.4) is 0 Å². The Morgan fingerprint density at radius 1 is 1.43 bits per heavy atom. The van der Waals surface area contributed by atoms with Gasteiger partial charge >= 0.3 is 0 Å². The molecule has 0 aliphatic heterocycles. The predicted octanol–water partition coefficient (Wildman–Crippen LogP) is 4.93. The highest BCUT2D eigenvalue weighted by Gasteiger charge is 2.17. The molecule has 1 aromatic heterocycles. The van der Waals surface area contributed by atoms with Crippen molar-refractivity contribution in [1.82, 2.24) is 0 Å². The molecule has 1 aromatic carbocycles. The molecule has 0 unspecified atom stereocenters. The Hall–Kier alpha value is -2.32. The van der Waals surface area contributed by atoms with Crippen molar-refractivity contribution in [2.45, 2.75) is 20.3 Å². The van der Waals surface area contributed by atoms with Crippen LogP contribution in [0.2, 0.25) is 0 Å². The Kier molecular flexibility index (Phi) is 5.78. The quantitative estimate of drug-likeness (QED) is 0.409. The summed E-state index contributed by atoms with van der Waals surface area (Å²) in [7, 11) is 0. The van der Waals surface area contributed by atoms with Crippen LogP contribution >= 0.6 is 15.9 Å². The topological polar surface area (TPSA) is 63.2 Å². The van der Waals surface area contributed by atoms with Gasteiger partial charge in [-0.15, -0.1) is 0 Å². The summed E-state index contributed by atoms with van der Waals surface area (Å²) >= 11 is 3.40. The first-order chi connectivity index (χ1) is 11.1. The van der Waals surface area contributed by atoms with Crippen LogP contribution in [0.4, 0.5) is 0 Å². The number of ketones is 1. The summed E-state index contributed by atoms with van der Waals surface area (Å²) in [6.07, 6.45) is 3.86. The molecule has 2 rings (SSSR count). The third-order valence-electron chi connectivity index (χ3n) is 3.20. The SMILES string of the molecule is CCCOc1ccc(Br)cc1/C=C(\C#N)C(=O)c1ccoc1C. The maximum atomic E-state index is 12.5. The van der Waals surface area contributed by atoms with Crippen LogP contribution < -0.4 is 4.74 Å². The van der Waals surface area contributed by atoms with Gasteiger partial charge in [0.05, 0.1) is 18.4 Å². The molecule has 0 saturated heterocycles. The van der Waals surface area contributed by atoms with Crippen LogP contribution in [0.25, 0.3) is 6.08 Å². The van der Waals surface area contributed by atoms with Gasteiger partial charge in [0.25, 0.3) is 0 Å². The van der Waals surface area contributed by atoms with E-state index in [-0.39, 0.29) is 11.4 Å². The summed E-state index contributed by atoms with van der Waals surface area (Å²) in [6.45, 7) is 4.27. The molecule has 0 bridgehead atoms. The molecule has 0 aliphatic rings. The number of nitriles is 1. The summed E-state index contributed by atoms with van der Waals surface area (Å²) in [5.41, 5.74) is 1.11. The maximum Gasteiger partial charge on any atom is 0.207 e. The average molecular weight is 374 g/mol. The summed E-state index contributed by atoms with van der Waals surface area (Å²) in [4.78, 5) is 12.5. The van der Waals surface area contributed by atoms with Crippen molar-refractivity contribution in [3.8, 4) is 11.8 Å². The molecule has 0 aliphatic carbocycles. The van der Waals surface area contributed by atoms with Gasteiger partial charge in [-0.25, -0.2) is 0 Å². The highest BCUT2D eigenvalue weighted by molar-refractivity contribution is 9.10. The van der Waals surface area contributed by atoms with E-state index in [1.54, 1.807) is 19.1 Å². The Morgan fingerprint density at radius 3 is 2.83 bits per heavy atom. The van der Waals surface area contributed by atoms with Gasteiger partial charge in [0.2, 0.25) is 5.78 Å². The zero-order chi connectivity index (χ0) is 16.8. The van der Waals surface area contributed by atoms with Crippen LogP contribution in [-0.2, 0) is 0 Å². The van der Waals surface area contributed by atoms with Gasteiger partial charge in [-0.2, -0.15) is 5.26 Å². The number of hydrogen-bond acceptors (Lipinski definition) is 4. The highest BCUT2D eigenvalue weighted by Crippen LogP contribution is 2.27. The summed E-state index contributed by atoms with van der Waals surface area (Å²) in [6, 6.07) is 9.02. The van der Waals surface area contributed by atoms with E-state index in [2.05, 4.69) is 15.9 Å². The molecule has 23 heavy (non-hydrogen) atoms. The van der Waals surface area contributed by atoms with E-state index >= 15 is 0 Å². The third-order valence-corrected chi connectivity index (χ3v) is 3.70. The van der Waals surface area contributed by atoms with Gasteiger partial charge in [0, 0.05) is 10.0 Å². The van der Waals surface area contributed by atoms with Gasteiger partial charge in [-0.1, -0.05) is 22.9 Å². The van der Waals surface area contributed by atoms with Gasteiger partial charge in [-0.05, 0) is 43.7 Å². The lowest BCUT2D eigenvalue weighted by Gasteiger charge is -2.09. The van der Waals surface area contributed by atoms with Crippen molar-refractivity contribution in [1.29, 1.82) is 5.26 Å². The largest absolute Gasteiger partial charge is 0.493 e. The maximum absolute atomic E-state index is 12.5. The number of hydrogen-bond donors (Lipinski definition) is 0. The zero-order valence-electron chi connectivity index (χ0n) is 12.9. The minimum atomic E-state index is -0.361. The number of Topliss-reactive ketones (excluding diaryl/α,β-unsaturated/α-hetero) is 1. The number of benzene rings is 1. The molecule has 0 spiro atoms. The minimum Gasteiger partial charge on any atom is -0.493 e. The number of nitrogens with zero attached hydrogens (tertiary/aromatic N) is 1. The van der Waals surface area contributed by atoms with E-state index in [4.69, 9.17) is 9.15 Å². The van der Waals surface area contributed by atoms with E-state index in [9.17, 15) is 10.1 Å². The third kappa shape index (κ3) is 4.11. The molecule has 5 heteroatoms. The summed E-state index contributed by atoms with van der Waals surface area (Å²) in [5.74, 6) is 0.771. The molecular formula is C18H16BrNO3. The number of halogens is 1. The molecule has 0 amide bonds. The second-order valence-electron chi connectivity index (χ2n) is 4.92. The van der Waals surface area contributed by atoms with Crippen molar-refractivity contribution < 1.29 is 13.9 Å². The van der Waals surface area contributed by atoms with Crippen molar-refractivity contribution >= 4 is 27.8 Å². The smallest absolute Gasteiger partial charge is 0.207 e. The Labute approximate surface area is 143 Å². The van der Waals surface area contributed by atoms with Crippen molar-refractivity contribution in [3.63, 3.8) is 0 Å².